The Balaban J connectivity index is 1.91. The SMILES string of the molecule is Cc1nc(NCCNS(=O)(=O)N(C)C)cc(N2CCOCC2)n1. The normalized spacial score (nSPS) is 15.9. The first kappa shape index (κ1) is 17.9. The molecule has 0 amide bonds. The van der Waals surface area contributed by atoms with Crippen LogP contribution in [0.4, 0.5) is 11.6 Å². The first-order chi connectivity index (χ1) is 10.9. The van der Waals surface area contributed by atoms with Gasteiger partial charge < -0.3 is 15.0 Å². The summed E-state index contributed by atoms with van der Waals surface area (Å²) in [5, 5.41) is 3.12. The third-order valence-corrected chi connectivity index (χ3v) is 4.89. The van der Waals surface area contributed by atoms with Gasteiger partial charge in [0.15, 0.2) is 0 Å². The zero-order valence-electron chi connectivity index (χ0n) is 13.7. The summed E-state index contributed by atoms with van der Waals surface area (Å²) in [4.78, 5) is 10.9. The van der Waals surface area contributed by atoms with Crippen molar-refractivity contribution in [2.75, 3.05) is 63.7 Å². The minimum Gasteiger partial charge on any atom is -0.378 e. The lowest BCUT2D eigenvalue weighted by Crippen LogP contribution is -2.38. The molecule has 0 saturated carbocycles. The molecule has 2 heterocycles. The summed E-state index contributed by atoms with van der Waals surface area (Å²) >= 11 is 0. The van der Waals surface area contributed by atoms with Gasteiger partial charge in [-0.1, -0.05) is 0 Å². The third kappa shape index (κ3) is 5.27. The second-order valence-corrected chi connectivity index (χ2v) is 7.34. The molecule has 1 aliphatic heterocycles. The van der Waals surface area contributed by atoms with Crippen molar-refractivity contribution in [2.45, 2.75) is 6.92 Å². The second-order valence-electron chi connectivity index (χ2n) is 5.37. The summed E-state index contributed by atoms with van der Waals surface area (Å²) < 4.78 is 32.2. The zero-order valence-corrected chi connectivity index (χ0v) is 14.6. The van der Waals surface area contributed by atoms with E-state index in [-0.39, 0.29) is 6.54 Å². The smallest absolute Gasteiger partial charge is 0.278 e. The lowest BCUT2D eigenvalue weighted by molar-refractivity contribution is 0.122. The molecule has 0 aromatic carbocycles. The fourth-order valence-corrected chi connectivity index (χ4v) is 2.71. The van der Waals surface area contributed by atoms with E-state index in [0.717, 1.165) is 23.2 Å². The number of anilines is 2. The molecular weight excluding hydrogens is 320 g/mol. The Morgan fingerprint density at radius 3 is 2.61 bits per heavy atom. The molecule has 1 aromatic heterocycles. The molecular formula is C13H24N6O3S. The van der Waals surface area contributed by atoms with Gasteiger partial charge in [0.1, 0.15) is 17.5 Å². The molecule has 2 rings (SSSR count). The molecule has 0 radical (unpaired) electrons. The Bertz CT molecular complexity index is 616. The third-order valence-electron chi connectivity index (χ3n) is 3.36. The summed E-state index contributed by atoms with van der Waals surface area (Å²) in [5.74, 6) is 2.21. The number of nitrogens with zero attached hydrogens (tertiary/aromatic N) is 4. The van der Waals surface area contributed by atoms with Gasteiger partial charge in [-0.15, -0.1) is 0 Å². The van der Waals surface area contributed by atoms with Gasteiger partial charge in [-0.05, 0) is 6.92 Å². The zero-order chi connectivity index (χ0) is 16.9. The first-order valence-corrected chi connectivity index (χ1v) is 8.92. The van der Waals surface area contributed by atoms with Crippen molar-refractivity contribution in [3.8, 4) is 0 Å². The number of aryl methyl sites for hydroxylation is 1. The molecule has 130 valence electrons. The van der Waals surface area contributed by atoms with E-state index in [9.17, 15) is 8.42 Å². The topological polar surface area (TPSA) is 99.7 Å². The first-order valence-electron chi connectivity index (χ1n) is 7.48. The van der Waals surface area contributed by atoms with E-state index in [2.05, 4.69) is 24.9 Å². The Kier molecular flexibility index (Phi) is 6.10. The van der Waals surface area contributed by atoms with Crippen LogP contribution in [0, 0.1) is 6.92 Å². The fraction of sp³-hybridized carbons (Fsp3) is 0.692. The Morgan fingerprint density at radius 2 is 1.96 bits per heavy atom. The summed E-state index contributed by atoms with van der Waals surface area (Å²) in [7, 11) is -0.429. The summed E-state index contributed by atoms with van der Waals surface area (Å²) in [6.07, 6.45) is 0. The number of rotatable bonds is 7. The van der Waals surface area contributed by atoms with E-state index in [0.29, 0.717) is 31.4 Å². The minimum absolute atomic E-state index is 0.274. The van der Waals surface area contributed by atoms with Gasteiger partial charge in [0, 0.05) is 46.3 Å². The maximum absolute atomic E-state index is 11.6. The lowest BCUT2D eigenvalue weighted by Gasteiger charge is -2.28. The number of hydrogen-bond acceptors (Lipinski definition) is 7. The van der Waals surface area contributed by atoms with Crippen LogP contribution in [0.15, 0.2) is 6.07 Å². The molecule has 0 unspecified atom stereocenters. The molecule has 1 fully saturated rings. The lowest BCUT2D eigenvalue weighted by atomic mass is 10.4. The van der Waals surface area contributed by atoms with Crippen molar-refractivity contribution in [1.29, 1.82) is 0 Å². The molecule has 10 heteroatoms. The Morgan fingerprint density at radius 1 is 1.26 bits per heavy atom. The monoisotopic (exact) mass is 344 g/mol. The van der Waals surface area contributed by atoms with E-state index in [4.69, 9.17) is 4.74 Å². The molecule has 0 atom stereocenters. The van der Waals surface area contributed by atoms with Gasteiger partial charge in [-0.2, -0.15) is 12.7 Å². The molecule has 0 aliphatic carbocycles. The van der Waals surface area contributed by atoms with Crippen LogP contribution in [-0.2, 0) is 14.9 Å². The van der Waals surface area contributed by atoms with Crippen LogP contribution in [0.2, 0.25) is 0 Å². The van der Waals surface area contributed by atoms with Crippen molar-refractivity contribution >= 4 is 21.8 Å². The summed E-state index contributed by atoms with van der Waals surface area (Å²) in [6.45, 7) is 5.54. The number of aromatic nitrogens is 2. The molecule has 9 nitrogen and oxygen atoms in total. The van der Waals surface area contributed by atoms with Gasteiger partial charge in [-0.25, -0.2) is 14.7 Å². The summed E-state index contributed by atoms with van der Waals surface area (Å²) in [5.41, 5.74) is 0. The van der Waals surface area contributed by atoms with Crippen LogP contribution in [0.3, 0.4) is 0 Å². The minimum atomic E-state index is -3.40. The van der Waals surface area contributed by atoms with Crippen LogP contribution in [0.25, 0.3) is 0 Å². The van der Waals surface area contributed by atoms with Crippen LogP contribution >= 0.6 is 0 Å². The van der Waals surface area contributed by atoms with Gasteiger partial charge >= 0.3 is 0 Å². The van der Waals surface area contributed by atoms with Crippen molar-refractivity contribution in [1.82, 2.24) is 19.0 Å². The van der Waals surface area contributed by atoms with Crippen molar-refractivity contribution < 1.29 is 13.2 Å². The highest BCUT2D eigenvalue weighted by molar-refractivity contribution is 7.87. The second kappa shape index (κ2) is 7.86. The number of ether oxygens (including phenoxy) is 1. The van der Waals surface area contributed by atoms with Crippen LogP contribution < -0.4 is 14.9 Å². The highest BCUT2D eigenvalue weighted by Crippen LogP contribution is 2.16. The van der Waals surface area contributed by atoms with E-state index >= 15 is 0 Å². The van der Waals surface area contributed by atoms with Crippen LogP contribution in [0.5, 0.6) is 0 Å². The molecule has 23 heavy (non-hydrogen) atoms. The van der Waals surface area contributed by atoms with E-state index in [1.807, 2.05) is 13.0 Å². The average Bonchev–Trinajstić information content (AvgIpc) is 2.52. The van der Waals surface area contributed by atoms with E-state index in [1.165, 1.54) is 14.1 Å². The van der Waals surface area contributed by atoms with Gasteiger partial charge in [0.25, 0.3) is 10.2 Å². The maximum Gasteiger partial charge on any atom is 0.278 e. The standard InChI is InChI=1S/C13H24N6O3S/c1-11-16-12(14-4-5-15-23(20,21)18(2)3)10-13(17-11)19-6-8-22-9-7-19/h10,15H,4-9H2,1-3H3,(H,14,16,17). The predicted octanol–water partition coefficient (Wildman–Crippen LogP) is -0.570. The summed E-state index contributed by atoms with van der Waals surface area (Å²) in [6, 6.07) is 1.87. The molecule has 1 aliphatic rings. The molecule has 0 spiro atoms. The fourth-order valence-electron chi connectivity index (χ4n) is 2.10. The van der Waals surface area contributed by atoms with Crippen molar-refractivity contribution in [2.24, 2.45) is 0 Å². The maximum atomic E-state index is 11.6. The number of hydrogen-bond donors (Lipinski definition) is 2. The number of morpholine rings is 1. The highest BCUT2D eigenvalue weighted by Gasteiger charge is 2.14. The van der Waals surface area contributed by atoms with E-state index < -0.39 is 10.2 Å². The number of nitrogens with one attached hydrogen (secondary N) is 2. The Labute approximate surface area is 137 Å². The highest BCUT2D eigenvalue weighted by atomic mass is 32.2. The average molecular weight is 344 g/mol. The quantitative estimate of drug-likeness (QED) is 0.639. The van der Waals surface area contributed by atoms with E-state index in [1.54, 1.807) is 0 Å². The van der Waals surface area contributed by atoms with Crippen LogP contribution in [-0.4, -0.2) is 76.2 Å². The van der Waals surface area contributed by atoms with Crippen molar-refractivity contribution in [3.05, 3.63) is 11.9 Å². The largest absolute Gasteiger partial charge is 0.378 e. The molecule has 1 aromatic rings. The van der Waals surface area contributed by atoms with Gasteiger partial charge in [0.05, 0.1) is 13.2 Å². The molecule has 1 saturated heterocycles. The predicted molar refractivity (Wildman–Crippen MR) is 88.9 cm³/mol. The Hall–Kier alpha value is -1.49. The van der Waals surface area contributed by atoms with Crippen molar-refractivity contribution in [3.63, 3.8) is 0 Å². The molecule has 2 N–H and O–H groups in total. The van der Waals surface area contributed by atoms with Crippen LogP contribution in [0.1, 0.15) is 5.82 Å². The van der Waals surface area contributed by atoms with Gasteiger partial charge in [-0.3, -0.25) is 0 Å². The molecule has 0 bridgehead atoms. The van der Waals surface area contributed by atoms with Gasteiger partial charge in [0.2, 0.25) is 0 Å².